The Bertz CT molecular complexity index is 863. The van der Waals surface area contributed by atoms with Gasteiger partial charge in [0.1, 0.15) is 30.3 Å². The Morgan fingerprint density at radius 2 is 1.88 bits per heavy atom. The summed E-state index contributed by atoms with van der Waals surface area (Å²) in [5.74, 6) is -1.61. The Balaban J connectivity index is 1.94. The molecule has 6 nitrogen and oxygen atoms in total. The first-order valence-corrected chi connectivity index (χ1v) is 9.45. The monoisotopic (exact) mass is 579 g/mol. The van der Waals surface area contributed by atoms with E-state index in [1.165, 1.54) is 24.3 Å². The lowest BCUT2D eigenvalue weighted by Crippen LogP contribution is -2.22. The number of carbonyl (C=O) groups is 2. The van der Waals surface area contributed by atoms with E-state index in [0.29, 0.717) is 18.5 Å². The third kappa shape index (κ3) is 5.10. The highest BCUT2D eigenvalue weighted by atomic mass is 127. The van der Waals surface area contributed by atoms with Crippen molar-refractivity contribution in [1.29, 1.82) is 0 Å². The fourth-order valence-corrected chi connectivity index (χ4v) is 3.32. The minimum atomic E-state index is -1.26. The highest BCUT2D eigenvalue weighted by Crippen LogP contribution is 2.27. The van der Waals surface area contributed by atoms with Gasteiger partial charge in [-0.1, -0.05) is 12.7 Å². The van der Waals surface area contributed by atoms with Crippen LogP contribution in [-0.2, 0) is 4.74 Å². The summed E-state index contributed by atoms with van der Waals surface area (Å²) in [7, 11) is 0. The second-order valence-electron chi connectivity index (χ2n) is 5.02. The minimum absolute atomic E-state index is 0.0362. The lowest BCUT2D eigenvalue weighted by molar-refractivity contribution is -0.255. The van der Waals surface area contributed by atoms with E-state index in [2.05, 4.69) is 6.58 Å². The van der Waals surface area contributed by atoms with Gasteiger partial charge in [0.2, 0.25) is 0 Å². The summed E-state index contributed by atoms with van der Waals surface area (Å²) in [5.41, 5.74) is 0.804. The van der Waals surface area contributed by atoms with Crippen LogP contribution in [0.15, 0.2) is 36.9 Å². The number of rotatable bonds is 7. The summed E-state index contributed by atoms with van der Waals surface area (Å²) < 4.78 is 11.7. The molecule has 0 aliphatic heterocycles. The van der Waals surface area contributed by atoms with Gasteiger partial charge in [-0.2, -0.15) is 0 Å². The van der Waals surface area contributed by atoms with Gasteiger partial charge < -0.3 is 24.5 Å². The predicted octanol–water partition coefficient (Wildman–Crippen LogP) is 2.84. The molecule has 136 valence electrons. The van der Waals surface area contributed by atoms with Gasteiger partial charge in [-0.25, -0.2) is 4.79 Å². The fourth-order valence-electron chi connectivity index (χ4n) is 2.00. The Morgan fingerprint density at radius 1 is 1.15 bits per heavy atom. The summed E-state index contributed by atoms with van der Waals surface area (Å²) in [6, 6.07) is 7.50. The number of hydrogen-bond acceptors (Lipinski definition) is 6. The van der Waals surface area contributed by atoms with E-state index >= 15 is 0 Å². The zero-order valence-electron chi connectivity index (χ0n) is 13.3. The highest BCUT2D eigenvalue weighted by Gasteiger charge is 2.16. The van der Waals surface area contributed by atoms with E-state index in [-0.39, 0.29) is 30.1 Å². The van der Waals surface area contributed by atoms with Crippen molar-refractivity contribution >= 4 is 63.2 Å². The Kier molecular flexibility index (Phi) is 7.26. The van der Waals surface area contributed by atoms with E-state index in [1.807, 2.05) is 45.2 Å². The van der Waals surface area contributed by atoms with Crippen LogP contribution < -0.4 is 9.84 Å². The van der Waals surface area contributed by atoms with E-state index in [0.717, 1.165) is 0 Å². The van der Waals surface area contributed by atoms with Crippen LogP contribution >= 0.6 is 45.2 Å². The van der Waals surface area contributed by atoms with Gasteiger partial charge in [0.25, 0.3) is 0 Å². The number of esters is 1. The van der Waals surface area contributed by atoms with Crippen molar-refractivity contribution in [2.75, 3.05) is 13.2 Å². The number of phenolic OH excluding ortho intramolecular Hbond substituents is 1. The van der Waals surface area contributed by atoms with E-state index in [1.54, 1.807) is 12.1 Å². The quantitative estimate of drug-likeness (QED) is 0.308. The van der Waals surface area contributed by atoms with Gasteiger partial charge in [0, 0.05) is 0 Å². The van der Waals surface area contributed by atoms with Gasteiger partial charge in [0.05, 0.1) is 13.1 Å². The van der Waals surface area contributed by atoms with Crippen molar-refractivity contribution in [3.05, 3.63) is 60.7 Å². The molecule has 0 aliphatic rings. The number of carboxylic acid groups (broad SMARTS) is 1. The Morgan fingerprint density at radius 3 is 2.50 bits per heavy atom. The molecule has 0 bridgehead atoms. The third-order valence-corrected chi connectivity index (χ3v) is 4.95. The number of aromatic carboxylic acids is 1. The standard InChI is InChI=1S/C18H14I2O6/c1-2-10-7-12(16(21)14(20)8-10)18(24)26-6-5-25-15-4-3-11(17(22)23)9-13(15)19/h2-4,7-9,21H,1,5-6H2,(H,22,23)/p-1. The zero-order valence-corrected chi connectivity index (χ0v) is 17.6. The van der Waals surface area contributed by atoms with Crippen LogP contribution in [0.3, 0.4) is 0 Å². The molecule has 0 aromatic heterocycles. The molecule has 0 saturated carbocycles. The van der Waals surface area contributed by atoms with E-state index in [4.69, 9.17) is 9.47 Å². The lowest BCUT2D eigenvalue weighted by atomic mass is 10.1. The Hall–Kier alpha value is -1.82. The molecular formula is C18H13I2O6-. The van der Waals surface area contributed by atoms with Gasteiger partial charge in [0.15, 0.2) is 0 Å². The minimum Gasteiger partial charge on any atom is -0.545 e. The van der Waals surface area contributed by atoms with Crippen molar-refractivity contribution < 1.29 is 29.3 Å². The number of phenols is 1. The van der Waals surface area contributed by atoms with Crippen LogP contribution in [0.1, 0.15) is 26.3 Å². The van der Waals surface area contributed by atoms with Crippen molar-refractivity contribution in [3.8, 4) is 11.5 Å². The zero-order chi connectivity index (χ0) is 19.3. The largest absolute Gasteiger partial charge is 0.545 e. The molecule has 26 heavy (non-hydrogen) atoms. The van der Waals surface area contributed by atoms with Gasteiger partial charge in [-0.3, -0.25) is 0 Å². The number of carboxylic acids is 1. The molecule has 0 aliphatic carbocycles. The first-order chi connectivity index (χ1) is 12.3. The summed E-state index contributed by atoms with van der Waals surface area (Å²) >= 11 is 3.86. The molecule has 2 aromatic carbocycles. The number of hydrogen-bond donors (Lipinski definition) is 1. The molecule has 1 N–H and O–H groups in total. The summed E-state index contributed by atoms with van der Waals surface area (Å²) in [4.78, 5) is 22.9. The smallest absolute Gasteiger partial charge is 0.342 e. The molecule has 8 heteroatoms. The maximum atomic E-state index is 12.1. The van der Waals surface area contributed by atoms with Crippen LogP contribution in [-0.4, -0.2) is 30.3 Å². The number of halogens is 2. The maximum Gasteiger partial charge on any atom is 0.342 e. The van der Waals surface area contributed by atoms with Crippen molar-refractivity contribution in [1.82, 2.24) is 0 Å². The number of ether oxygens (including phenoxy) is 2. The first-order valence-electron chi connectivity index (χ1n) is 7.29. The number of carbonyl (C=O) groups excluding carboxylic acids is 2. The van der Waals surface area contributed by atoms with Crippen molar-refractivity contribution in [3.63, 3.8) is 0 Å². The molecule has 0 fully saturated rings. The van der Waals surface area contributed by atoms with Gasteiger partial charge in [-0.05, 0) is 86.6 Å². The molecule has 0 heterocycles. The molecular weight excluding hydrogens is 566 g/mol. The first kappa shape index (κ1) is 20.5. The number of benzene rings is 2. The molecule has 0 spiro atoms. The molecule has 0 saturated heterocycles. The molecule has 0 atom stereocenters. The third-order valence-electron chi connectivity index (χ3n) is 3.28. The number of aromatic hydroxyl groups is 1. The average Bonchev–Trinajstić information content (AvgIpc) is 2.61. The summed E-state index contributed by atoms with van der Waals surface area (Å²) in [5, 5.41) is 20.8. The Labute approximate surface area is 177 Å². The van der Waals surface area contributed by atoms with Gasteiger partial charge >= 0.3 is 5.97 Å². The second kappa shape index (κ2) is 9.21. The molecule has 0 radical (unpaired) electrons. The summed E-state index contributed by atoms with van der Waals surface area (Å²) in [6.45, 7) is 3.68. The van der Waals surface area contributed by atoms with Crippen molar-refractivity contribution in [2.45, 2.75) is 0 Å². The molecule has 2 rings (SSSR count). The molecule has 0 unspecified atom stereocenters. The second-order valence-corrected chi connectivity index (χ2v) is 7.34. The topological polar surface area (TPSA) is 95.9 Å². The highest BCUT2D eigenvalue weighted by molar-refractivity contribution is 14.1. The van der Waals surface area contributed by atoms with E-state index < -0.39 is 11.9 Å². The molecule has 2 aromatic rings. The normalized spacial score (nSPS) is 10.2. The van der Waals surface area contributed by atoms with Crippen LogP contribution in [0.5, 0.6) is 11.5 Å². The van der Waals surface area contributed by atoms with Crippen LogP contribution in [0.25, 0.3) is 6.08 Å². The van der Waals surface area contributed by atoms with Crippen LogP contribution in [0.2, 0.25) is 0 Å². The predicted molar refractivity (Wildman–Crippen MR) is 110 cm³/mol. The van der Waals surface area contributed by atoms with Crippen LogP contribution in [0.4, 0.5) is 0 Å². The van der Waals surface area contributed by atoms with Crippen LogP contribution in [0, 0.1) is 7.14 Å². The van der Waals surface area contributed by atoms with E-state index in [9.17, 15) is 19.8 Å². The maximum absolute atomic E-state index is 12.1. The average molecular weight is 579 g/mol. The fraction of sp³-hybridized carbons (Fsp3) is 0.111. The lowest BCUT2D eigenvalue weighted by Gasteiger charge is -2.11. The SMILES string of the molecule is C=Cc1cc(I)c(O)c(C(=O)OCCOc2ccc(C(=O)[O-])cc2I)c1. The van der Waals surface area contributed by atoms with Gasteiger partial charge in [-0.15, -0.1) is 0 Å². The molecule has 0 amide bonds. The van der Waals surface area contributed by atoms with Crippen molar-refractivity contribution in [2.24, 2.45) is 0 Å². The summed E-state index contributed by atoms with van der Waals surface area (Å²) in [6.07, 6.45) is 1.57.